The third-order valence-corrected chi connectivity index (χ3v) is 2.21. The van der Waals surface area contributed by atoms with Crippen LogP contribution in [-0.2, 0) is 0 Å². The second-order valence-corrected chi connectivity index (χ2v) is 3.33. The fourth-order valence-corrected chi connectivity index (χ4v) is 1.44. The predicted molar refractivity (Wildman–Crippen MR) is 60.6 cm³/mol. The monoisotopic (exact) mass is 218 g/mol. The van der Waals surface area contributed by atoms with E-state index in [1.165, 1.54) is 12.3 Å². The molecule has 1 heterocycles. The van der Waals surface area contributed by atoms with Crippen LogP contribution in [0.25, 0.3) is 11.3 Å². The first kappa shape index (κ1) is 10.4. The number of nitrogens with two attached hydrogens (primary N) is 1. The van der Waals surface area contributed by atoms with E-state index in [-0.39, 0.29) is 5.69 Å². The van der Waals surface area contributed by atoms with E-state index in [4.69, 9.17) is 10.5 Å². The van der Waals surface area contributed by atoms with Crippen LogP contribution in [0.15, 0.2) is 36.5 Å². The molecule has 0 saturated carbocycles. The van der Waals surface area contributed by atoms with Crippen LogP contribution in [0.4, 0.5) is 10.1 Å². The molecule has 0 aliphatic carbocycles. The van der Waals surface area contributed by atoms with Crippen molar-refractivity contribution in [1.29, 1.82) is 0 Å². The molecule has 0 aliphatic rings. The molecule has 2 N–H and O–H groups in total. The second kappa shape index (κ2) is 4.18. The van der Waals surface area contributed by atoms with Crippen molar-refractivity contribution in [2.75, 3.05) is 12.8 Å². The molecule has 0 unspecified atom stereocenters. The number of benzene rings is 1. The van der Waals surface area contributed by atoms with Crippen LogP contribution in [0.3, 0.4) is 0 Å². The Morgan fingerprint density at radius 1 is 1.31 bits per heavy atom. The van der Waals surface area contributed by atoms with Gasteiger partial charge in [0.25, 0.3) is 0 Å². The topological polar surface area (TPSA) is 48.1 Å². The molecule has 3 nitrogen and oxygen atoms in total. The minimum atomic E-state index is -0.437. The fraction of sp³-hybridized carbons (Fsp3) is 0.0833. The highest BCUT2D eigenvalue weighted by Crippen LogP contribution is 2.24. The van der Waals surface area contributed by atoms with Gasteiger partial charge in [0.05, 0.1) is 19.0 Å². The molecular formula is C12H11FN2O. The number of aromatic nitrogens is 1. The SMILES string of the molecule is COc1cccc(-c2ncc(N)cc2F)c1. The highest BCUT2D eigenvalue weighted by atomic mass is 19.1. The molecule has 0 saturated heterocycles. The first-order chi connectivity index (χ1) is 7.70. The lowest BCUT2D eigenvalue weighted by atomic mass is 10.1. The molecule has 2 rings (SSSR count). The summed E-state index contributed by atoms with van der Waals surface area (Å²) in [7, 11) is 1.56. The molecule has 1 aromatic carbocycles. The van der Waals surface area contributed by atoms with Gasteiger partial charge in [-0.3, -0.25) is 4.98 Å². The average Bonchev–Trinajstić information content (AvgIpc) is 2.29. The summed E-state index contributed by atoms with van der Waals surface area (Å²) in [5.74, 6) is 0.226. The number of anilines is 1. The van der Waals surface area contributed by atoms with Gasteiger partial charge in [0.2, 0.25) is 0 Å². The minimum absolute atomic E-state index is 0.271. The molecule has 0 radical (unpaired) electrons. The number of hydrogen-bond acceptors (Lipinski definition) is 3. The van der Waals surface area contributed by atoms with Crippen LogP contribution in [0.5, 0.6) is 5.75 Å². The Balaban J connectivity index is 2.49. The van der Waals surface area contributed by atoms with E-state index in [9.17, 15) is 4.39 Å². The van der Waals surface area contributed by atoms with Gasteiger partial charge in [0.15, 0.2) is 5.82 Å². The molecule has 4 heteroatoms. The first-order valence-electron chi connectivity index (χ1n) is 4.76. The molecule has 16 heavy (non-hydrogen) atoms. The highest BCUT2D eigenvalue weighted by Gasteiger charge is 2.07. The summed E-state index contributed by atoms with van der Waals surface area (Å²) in [6.45, 7) is 0. The van der Waals surface area contributed by atoms with Gasteiger partial charge < -0.3 is 10.5 Å². The second-order valence-electron chi connectivity index (χ2n) is 3.33. The maximum Gasteiger partial charge on any atom is 0.151 e. The van der Waals surface area contributed by atoms with E-state index in [0.717, 1.165) is 0 Å². The van der Waals surface area contributed by atoms with Crippen molar-refractivity contribution in [2.24, 2.45) is 0 Å². The summed E-state index contributed by atoms with van der Waals surface area (Å²) in [5.41, 5.74) is 6.68. The number of ether oxygens (including phenoxy) is 1. The summed E-state index contributed by atoms with van der Waals surface area (Å²) >= 11 is 0. The van der Waals surface area contributed by atoms with Crippen LogP contribution in [-0.4, -0.2) is 12.1 Å². The van der Waals surface area contributed by atoms with Crippen LogP contribution in [0.2, 0.25) is 0 Å². The van der Waals surface area contributed by atoms with Crippen LogP contribution in [0, 0.1) is 5.82 Å². The van der Waals surface area contributed by atoms with E-state index in [2.05, 4.69) is 4.98 Å². The summed E-state index contributed by atoms with van der Waals surface area (Å²) in [6, 6.07) is 8.32. The normalized spacial score (nSPS) is 10.1. The molecule has 2 aromatic rings. The molecule has 1 aromatic heterocycles. The minimum Gasteiger partial charge on any atom is -0.497 e. The van der Waals surface area contributed by atoms with Crippen molar-refractivity contribution in [2.45, 2.75) is 0 Å². The lowest BCUT2D eigenvalue weighted by molar-refractivity contribution is 0.415. The van der Waals surface area contributed by atoms with E-state index >= 15 is 0 Å². The number of nitrogens with zero attached hydrogens (tertiary/aromatic N) is 1. The predicted octanol–water partition coefficient (Wildman–Crippen LogP) is 2.48. The number of nitrogen functional groups attached to an aromatic ring is 1. The van der Waals surface area contributed by atoms with Gasteiger partial charge in [0, 0.05) is 11.6 Å². The molecule has 82 valence electrons. The third kappa shape index (κ3) is 1.95. The number of pyridine rings is 1. The van der Waals surface area contributed by atoms with Crippen molar-refractivity contribution >= 4 is 5.69 Å². The van der Waals surface area contributed by atoms with Crippen molar-refractivity contribution in [3.05, 3.63) is 42.3 Å². The lowest BCUT2D eigenvalue weighted by Crippen LogP contribution is -1.93. The third-order valence-electron chi connectivity index (χ3n) is 2.21. The summed E-state index contributed by atoms with van der Waals surface area (Å²) in [4.78, 5) is 3.97. The smallest absolute Gasteiger partial charge is 0.151 e. The van der Waals surface area contributed by atoms with Gasteiger partial charge in [-0.05, 0) is 12.1 Å². The largest absolute Gasteiger partial charge is 0.497 e. The first-order valence-corrected chi connectivity index (χ1v) is 4.76. The van der Waals surface area contributed by atoms with Gasteiger partial charge in [-0.1, -0.05) is 12.1 Å². The van der Waals surface area contributed by atoms with Crippen LogP contribution in [0.1, 0.15) is 0 Å². The molecule has 0 amide bonds. The van der Waals surface area contributed by atoms with E-state index in [1.54, 1.807) is 31.4 Å². The number of methoxy groups -OCH3 is 1. The standard InChI is InChI=1S/C12H11FN2O/c1-16-10-4-2-3-8(5-10)12-11(13)6-9(14)7-15-12/h2-7H,14H2,1H3. The molecule has 0 fully saturated rings. The average molecular weight is 218 g/mol. The number of hydrogen-bond donors (Lipinski definition) is 1. The lowest BCUT2D eigenvalue weighted by Gasteiger charge is -2.05. The van der Waals surface area contributed by atoms with E-state index < -0.39 is 5.82 Å². The van der Waals surface area contributed by atoms with E-state index in [0.29, 0.717) is 17.0 Å². The zero-order valence-corrected chi connectivity index (χ0v) is 8.77. The highest BCUT2D eigenvalue weighted by molar-refractivity contribution is 5.63. The van der Waals surface area contributed by atoms with Crippen molar-refractivity contribution in [3.63, 3.8) is 0 Å². The number of rotatable bonds is 2. The molecule has 0 aliphatic heterocycles. The molecular weight excluding hydrogens is 207 g/mol. The Bertz CT molecular complexity index is 514. The van der Waals surface area contributed by atoms with Gasteiger partial charge in [-0.2, -0.15) is 0 Å². The molecule has 0 atom stereocenters. The van der Waals surface area contributed by atoms with Gasteiger partial charge >= 0.3 is 0 Å². The van der Waals surface area contributed by atoms with Gasteiger partial charge in [-0.25, -0.2) is 4.39 Å². The fourth-order valence-electron chi connectivity index (χ4n) is 1.44. The quantitative estimate of drug-likeness (QED) is 0.842. The van der Waals surface area contributed by atoms with Gasteiger partial charge in [-0.15, -0.1) is 0 Å². The Kier molecular flexibility index (Phi) is 2.72. The van der Waals surface area contributed by atoms with E-state index in [1.807, 2.05) is 0 Å². The Labute approximate surface area is 92.7 Å². The summed E-state index contributed by atoms with van der Waals surface area (Å²) in [5, 5.41) is 0. The van der Waals surface area contributed by atoms with Crippen LogP contribution < -0.4 is 10.5 Å². The van der Waals surface area contributed by atoms with Gasteiger partial charge in [0.1, 0.15) is 11.4 Å². The van der Waals surface area contributed by atoms with Crippen molar-refractivity contribution in [1.82, 2.24) is 4.98 Å². The maximum atomic E-state index is 13.6. The molecule has 0 bridgehead atoms. The molecule has 0 spiro atoms. The summed E-state index contributed by atoms with van der Waals surface area (Å²) in [6.07, 6.45) is 1.43. The Morgan fingerprint density at radius 3 is 2.81 bits per heavy atom. The van der Waals surface area contributed by atoms with Crippen LogP contribution >= 0.6 is 0 Å². The Hall–Kier alpha value is -2.10. The van der Waals surface area contributed by atoms with Crippen molar-refractivity contribution in [3.8, 4) is 17.0 Å². The Morgan fingerprint density at radius 2 is 2.12 bits per heavy atom. The van der Waals surface area contributed by atoms with Crippen molar-refractivity contribution < 1.29 is 9.13 Å². The number of halogens is 1. The zero-order valence-electron chi connectivity index (χ0n) is 8.77. The summed E-state index contributed by atoms with van der Waals surface area (Å²) < 4.78 is 18.7. The zero-order chi connectivity index (χ0) is 11.5. The maximum absolute atomic E-state index is 13.6.